The number of amides is 1. The van der Waals surface area contributed by atoms with Crippen molar-refractivity contribution in [2.24, 2.45) is 0 Å². The molecule has 0 bridgehead atoms. The molecule has 0 saturated heterocycles. The predicted octanol–water partition coefficient (Wildman–Crippen LogP) is 4.33. The fourth-order valence-corrected chi connectivity index (χ4v) is 2.74. The Morgan fingerprint density at radius 1 is 1.24 bits per heavy atom. The van der Waals surface area contributed by atoms with Gasteiger partial charge in [0.25, 0.3) is 5.91 Å². The molecule has 0 radical (unpaired) electrons. The molecule has 0 N–H and O–H groups in total. The second-order valence-electron chi connectivity index (χ2n) is 5.60. The first-order chi connectivity index (χ1) is 12.1. The lowest BCUT2D eigenvalue weighted by molar-refractivity contribution is 0.0752. The fraction of sp³-hybridized carbons (Fsp3) is 0.158. The Hall–Kier alpha value is -2.66. The van der Waals surface area contributed by atoms with E-state index in [9.17, 15) is 9.18 Å². The van der Waals surface area contributed by atoms with Crippen molar-refractivity contribution in [1.29, 1.82) is 0 Å². The van der Waals surface area contributed by atoms with Crippen LogP contribution < -0.4 is 0 Å². The molecule has 2 aromatic carbocycles. The molecule has 0 aliphatic carbocycles. The summed E-state index contributed by atoms with van der Waals surface area (Å²) in [5, 5.41) is 4.84. The van der Waals surface area contributed by atoms with Crippen LogP contribution in [0.3, 0.4) is 0 Å². The molecule has 25 heavy (non-hydrogen) atoms. The van der Waals surface area contributed by atoms with E-state index in [0.717, 1.165) is 11.3 Å². The molecule has 0 aliphatic heterocycles. The molecule has 1 amide bonds. The lowest BCUT2D eigenvalue weighted by atomic mass is 10.2. The van der Waals surface area contributed by atoms with Gasteiger partial charge in [-0.2, -0.15) is 5.10 Å². The number of nitrogens with zero attached hydrogens (tertiary/aromatic N) is 3. The highest BCUT2D eigenvalue weighted by molar-refractivity contribution is 6.30. The Labute approximate surface area is 150 Å². The molecule has 3 aromatic rings. The fourth-order valence-electron chi connectivity index (χ4n) is 2.56. The SMILES string of the molecule is CCN(Cc1cccc(F)c1)C(=O)c1cnn(-c2cccc(Cl)c2)c1. The van der Waals surface area contributed by atoms with Crippen LogP contribution >= 0.6 is 11.6 Å². The summed E-state index contributed by atoms with van der Waals surface area (Å²) < 4.78 is 14.9. The number of aromatic nitrogens is 2. The zero-order valence-electron chi connectivity index (χ0n) is 13.7. The minimum atomic E-state index is -0.310. The molecular weight excluding hydrogens is 341 g/mol. The summed E-state index contributed by atoms with van der Waals surface area (Å²) in [6, 6.07) is 13.5. The van der Waals surface area contributed by atoms with Crippen molar-refractivity contribution in [2.75, 3.05) is 6.54 Å². The van der Waals surface area contributed by atoms with E-state index < -0.39 is 0 Å². The summed E-state index contributed by atoms with van der Waals surface area (Å²) in [6.45, 7) is 2.74. The number of hydrogen-bond acceptors (Lipinski definition) is 2. The van der Waals surface area contributed by atoms with Crippen LogP contribution in [0.4, 0.5) is 4.39 Å². The van der Waals surface area contributed by atoms with Gasteiger partial charge in [0, 0.05) is 24.3 Å². The van der Waals surface area contributed by atoms with Crippen LogP contribution in [0.5, 0.6) is 0 Å². The molecule has 6 heteroatoms. The van der Waals surface area contributed by atoms with Crippen LogP contribution in [-0.2, 0) is 6.54 Å². The van der Waals surface area contributed by atoms with Crippen molar-refractivity contribution in [3.05, 3.63) is 82.9 Å². The quantitative estimate of drug-likeness (QED) is 0.681. The van der Waals surface area contributed by atoms with E-state index >= 15 is 0 Å². The summed E-state index contributed by atoms with van der Waals surface area (Å²) >= 11 is 5.99. The molecule has 0 spiro atoms. The molecule has 3 rings (SSSR count). The van der Waals surface area contributed by atoms with Gasteiger partial charge in [-0.05, 0) is 42.8 Å². The number of carbonyl (C=O) groups excluding carboxylic acids is 1. The molecule has 128 valence electrons. The van der Waals surface area contributed by atoms with Gasteiger partial charge in [-0.3, -0.25) is 4.79 Å². The van der Waals surface area contributed by atoms with Gasteiger partial charge >= 0.3 is 0 Å². The van der Waals surface area contributed by atoms with Gasteiger partial charge in [-0.15, -0.1) is 0 Å². The summed E-state index contributed by atoms with van der Waals surface area (Å²) in [6.07, 6.45) is 3.19. The third-order valence-electron chi connectivity index (χ3n) is 3.83. The molecule has 0 unspecified atom stereocenters. The predicted molar refractivity (Wildman–Crippen MR) is 95.4 cm³/mol. The lowest BCUT2D eigenvalue weighted by Gasteiger charge is -2.20. The number of hydrogen-bond donors (Lipinski definition) is 0. The van der Waals surface area contributed by atoms with Crippen LogP contribution in [0.15, 0.2) is 60.9 Å². The average Bonchev–Trinajstić information content (AvgIpc) is 3.09. The first kappa shape index (κ1) is 17.2. The van der Waals surface area contributed by atoms with Gasteiger partial charge in [0.1, 0.15) is 5.82 Å². The third kappa shape index (κ3) is 4.06. The molecule has 1 heterocycles. The van der Waals surface area contributed by atoms with Crippen LogP contribution in [0.25, 0.3) is 5.69 Å². The van der Waals surface area contributed by atoms with E-state index in [1.165, 1.54) is 18.3 Å². The second kappa shape index (κ2) is 7.49. The van der Waals surface area contributed by atoms with Gasteiger partial charge in [-0.25, -0.2) is 9.07 Å². The van der Waals surface area contributed by atoms with Gasteiger partial charge in [0.15, 0.2) is 0 Å². The first-order valence-corrected chi connectivity index (χ1v) is 8.29. The first-order valence-electron chi connectivity index (χ1n) is 7.91. The maximum atomic E-state index is 13.3. The highest BCUT2D eigenvalue weighted by Crippen LogP contribution is 2.16. The Bertz CT molecular complexity index is 894. The zero-order chi connectivity index (χ0) is 17.8. The maximum absolute atomic E-state index is 13.3. The molecule has 0 saturated carbocycles. The second-order valence-corrected chi connectivity index (χ2v) is 6.04. The zero-order valence-corrected chi connectivity index (χ0v) is 14.4. The van der Waals surface area contributed by atoms with E-state index in [4.69, 9.17) is 11.6 Å². The van der Waals surface area contributed by atoms with Crippen molar-refractivity contribution in [3.63, 3.8) is 0 Å². The summed E-state index contributed by atoms with van der Waals surface area (Å²) in [5.41, 5.74) is 2.00. The molecular formula is C19H17ClFN3O. The average molecular weight is 358 g/mol. The Kier molecular flexibility index (Phi) is 5.14. The molecule has 4 nitrogen and oxygen atoms in total. The van der Waals surface area contributed by atoms with E-state index in [-0.39, 0.29) is 11.7 Å². The van der Waals surface area contributed by atoms with E-state index in [2.05, 4.69) is 5.10 Å². The maximum Gasteiger partial charge on any atom is 0.257 e. The van der Waals surface area contributed by atoms with Gasteiger partial charge in [-0.1, -0.05) is 29.8 Å². The van der Waals surface area contributed by atoms with Crippen molar-refractivity contribution in [1.82, 2.24) is 14.7 Å². The minimum Gasteiger partial charge on any atom is -0.334 e. The lowest BCUT2D eigenvalue weighted by Crippen LogP contribution is -2.30. The van der Waals surface area contributed by atoms with E-state index in [0.29, 0.717) is 23.7 Å². The van der Waals surface area contributed by atoms with Gasteiger partial charge < -0.3 is 4.90 Å². The van der Waals surface area contributed by atoms with Crippen LogP contribution in [0.1, 0.15) is 22.8 Å². The molecule has 0 aliphatic rings. The van der Waals surface area contributed by atoms with Crippen LogP contribution in [0, 0.1) is 5.82 Å². The summed E-state index contributed by atoms with van der Waals surface area (Å²) in [4.78, 5) is 14.4. The number of halogens is 2. The number of carbonyl (C=O) groups is 1. The van der Waals surface area contributed by atoms with Crippen molar-refractivity contribution >= 4 is 17.5 Å². The monoisotopic (exact) mass is 357 g/mol. The normalized spacial score (nSPS) is 10.7. The topological polar surface area (TPSA) is 38.1 Å². The Morgan fingerprint density at radius 2 is 2.04 bits per heavy atom. The van der Waals surface area contributed by atoms with E-state index in [1.54, 1.807) is 40.0 Å². The van der Waals surface area contributed by atoms with Crippen LogP contribution in [-0.4, -0.2) is 27.1 Å². The molecule has 0 fully saturated rings. The van der Waals surface area contributed by atoms with Gasteiger partial charge in [0.05, 0.1) is 17.4 Å². The largest absolute Gasteiger partial charge is 0.334 e. The number of rotatable bonds is 5. The summed E-state index contributed by atoms with van der Waals surface area (Å²) in [5.74, 6) is -0.463. The highest BCUT2D eigenvalue weighted by Gasteiger charge is 2.17. The van der Waals surface area contributed by atoms with Crippen molar-refractivity contribution < 1.29 is 9.18 Å². The summed E-state index contributed by atoms with van der Waals surface area (Å²) in [7, 11) is 0. The standard InChI is InChI=1S/C19H17ClFN3O/c1-2-23(12-14-5-3-7-17(21)9-14)19(25)15-11-22-24(13-15)18-8-4-6-16(20)10-18/h3-11,13H,2,12H2,1H3. The van der Waals surface area contributed by atoms with Gasteiger partial charge in [0.2, 0.25) is 0 Å². The van der Waals surface area contributed by atoms with Crippen molar-refractivity contribution in [2.45, 2.75) is 13.5 Å². The highest BCUT2D eigenvalue weighted by atomic mass is 35.5. The molecule has 1 aromatic heterocycles. The van der Waals surface area contributed by atoms with Crippen LogP contribution in [0.2, 0.25) is 5.02 Å². The van der Waals surface area contributed by atoms with E-state index in [1.807, 2.05) is 19.1 Å². The number of benzene rings is 2. The Morgan fingerprint density at radius 3 is 2.76 bits per heavy atom. The minimum absolute atomic E-state index is 0.153. The third-order valence-corrected chi connectivity index (χ3v) is 4.07. The molecule has 0 atom stereocenters. The smallest absolute Gasteiger partial charge is 0.257 e. The Balaban J connectivity index is 1.79. The van der Waals surface area contributed by atoms with Crippen molar-refractivity contribution in [3.8, 4) is 5.69 Å².